The van der Waals surface area contributed by atoms with E-state index >= 15 is 0 Å². The summed E-state index contributed by atoms with van der Waals surface area (Å²) >= 11 is 0. The van der Waals surface area contributed by atoms with Crippen LogP contribution in [0.25, 0.3) is 0 Å². The van der Waals surface area contributed by atoms with Crippen molar-refractivity contribution in [3.05, 3.63) is 29.8 Å². The first-order valence-corrected chi connectivity index (χ1v) is 8.77. The van der Waals surface area contributed by atoms with E-state index in [0.717, 1.165) is 30.6 Å². The molecular weight excluding hydrogens is 286 g/mol. The number of benzene rings is 1. The first-order chi connectivity index (χ1) is 11.0. The maximum atomic E-state index is 13.0. The number of amides is 1. The SMILES string of the molecule is CC(C)CN1C(=O)C(=NN2C(C)CCCC2C)c2ccccc21. The van der Waals surface area contributed by atoms with Crippen LogP contribution >= 0.6 is 0 Å². The largest absolute Gasteiger partial charge is 0.306 e. The van der Waals surface area contributed by atoms with Gasteiger partial charge in [-0.1, -0.05) is 32.0 Å². The number of carbonyl (C=O) groups is 1. The van der Waals surface area contributed by atoms with Crippen molar-refractivity contribution < 1.29 is 4.79 Å². The average Bonchev–Trinajstić information content (AvgIpc) is 2.76. The van der Waals surface area contributed by atoms with E-state index in [1.54, 1.807) is 0 Å². The summed E-state index contributed by atoms with van der Waals surface area (Å²) in [7, 11) is 0. The van der Waals surface area contributed by atoms with Gasteiger partial charge in [0.2, 0.25) is 0 Å². The lowest BCUT2D eigenvalue weighted by atomic mass is 10.00. The van der Waals surface area contributed by atoms with Gasteiger partial charge < -0.3 is 4.90 Å². The van der Waals surface area contributed by atoms with Gasteiger partial charge in [0.1, 0.15) is 0 Å². The topological polar surface area (TPSA) is 35.9 Å². The van der Waals surface area contributed by atoms with Gasteiger partial charge in [0, 0.05) is 24.2 Å². The van der Waals surface area contributed by atoms with Crippen LogP contribution < -0.4 is 4.90 Å². The molecule has 0 aromatic heterocycles. The molecule has 2 heterocycles. The average molecular weight is 313 g/mol. The molecule has 1 aromatic carbocycles. The first kappa shape index (κ1) is 16.0. The van der Waals surface area contributed by atoms with Crippen LogP contribution in [0.2, 0.25) is 0 Å². The lowest BCUT2D eigenvalue weighted by Gasteiger charge is -2.37. The third kappa shape index (κ3) is 2.99. The first-order valence-electron chi connectivity index (χ1n) is 8.77. The van der Waals surface area contributed by atoms with Gasteiger partial charge in [-0.3, -0.25) is 9.80 Å². The number of hydrazone groups is 1. The summed E-state index contributed by atoms with van der Waals surface area (Å²) in [6.07, 6.45) is 3.53. The van der Waals surface area contributed by atoms with Gasteiger partial charge in [0.05, 0.1) is 5.69 Å². The molecule has 0 aliphatic carbocycles. The second-order valence-electron chi connectivity index (χ2n) is 7.28. The lowest BCUT2D eigenvalue weighted by Crippen LogP contribution is -2.42. The predicted molar refractivity (Wildman–Crippen MR) is 94.8 cm³/mol. The summed E-state index contributed by atoms with van der Waals surface area (Å²) in [5.74, 6) is 0.476. The van der Waals surface area contributed by atoms with E-state index in [1.165, 1.54) is 6.42 Å². The molecule has 0 spiro atoms. The molecule has 0 N–H and O–H groups in total. The zero-order chi connectivity index (χ0) is 16.6. The summed E-state index contributed by atoms with van der Waals surface area (Å²) in [5, 5.41) is 6.98. The molecule has 1 aromatic rings. The highest BCUT2D eigenvalue weighted by molar-refractivity contribution is 6.54. The Bertz CT molecular complexity index is 613. The normalized spacial score (nSPS) is 26.3. The number of fused-ring (bicyclic) bond motifs is 1. The number of rotatable bonds is 3. The minimum Gasteiger partial charge on any atom is -0.306 e. The quantitative estimate of drug-likeness (QED) is 0.854. The number of hydrogen-bond acceptors (Lipinski definition) is 3. The molecule has 1 fully saturated rings. The maximum Gasteiger partial charge on any atom is 0.279 e. The lowest BCUT2D eigenvalue weighted by molar-refractivity contribution is -0.112. The van der Waals surface area contributed by atoms with Crippen molar-refractivity contribution in [1.82, 2.24) is 5.01 Å². The van der Waals surface area contributed by atoms with Crippen molar-refractivity contribution in [2.45, 2.75) is 59.0 Å². The Morgan fingerprint density at radius 3 is 2.48 bits per heavy atom. The van der Waals surface area contributed by atoms with Crippen molar-refractivity contribution in [2.24, 2.45) is 11.0 Å². The summed E-state index contributed by atoms with van der Waals surface area (Å²) in [6, 6.07) is 8.82. The Morgan fingerprint density at radius 2 is 1.83 bits per heavy atom. The molecule has 4 nitrogen and oxygen atoms in total. The van der Waals surface area contributed by atoms with Crippen molar-refractivity contribution in [1.29, 1.82) is 0 Å². The minimum absolute atomic E-state index is 0.0462. The van der Waals surface area contributed by atoms with Crippen LogP contribution in [0.1, 0.15) is 52.5 Å². The molecule has 2 aliphatic rings. The molecule has 2 aliphatic heterocycles. The molecule has 3 rings (SSSR count). The summed E-state index contributed by atoms with van der Waals surface area (Å²) < 4.78 is 0. The summed E-state index contributed by atoms with van der Waals surface area (Å²) in [6.45, 7) is 9.42. The second-order valence-corrected chi connectivity index (χ2v) is 7.28. The van der Waals surface area contributed by atoms with Gasteiger partial charge in [-0.05, 0) is 45.1 Å². The fourth-order valence-corrected chi connectivity index (χ4v) is 3.62. The fourth-order valence-electron chi connectivity index (χ4n) is 3.62. The summed E-state index contributed by atoms with van der Waals surface area (Å²) in [4.78, 5) is 14.8. The molecule has 0 radical (unpaired) electrons. The van der Waals surface area contributed by atoms with E-state index in [0.29, 0.717) is 23.7 Å². The fraction of sp³-hybridized carbons (Fsp3) is 0.579. The van der Waals surface area contributed by atoms with Crippen LogP contribution in [-0.2, 0) is 4.79 Å². The molecule has 1 saturated heterocycles. The Kier molecular flexibility index (Phi) is 4.42. The van der Waals surface area contributed by atoms with Crippen LogP contribution in [0.3, 0.4) is 0 Å². The van der Waals surface area contributed by atoms with Crippen molar-refractivity contribution >= 4 is 17.3 Å². The summed E-state index contributed by atoms with van der Waals surface area (Å²) in [5.41, 5.74) is 2.59. The van der Waals surface area contributed by atoms with Crippen molar-refractivity contribution in [3.63, 3.8) is 0 Å². The van der Waals surface area contributed by atoms with E-state index < -0.39 is 0 Å². The Balaban J connectivity index is 1.99. The van der Waals surface area contributed by atoms with E-state index in [4.69, 9.17) is 5.10 Å². The molecule has 2 unspecified atom stereocenters. The van der Waals surface area contributed by atoms with Crippen LogP contribution in [0.5, 0.6) is 0 Å². The monoisotopic (exact) mass is 313 g/mol. The van der Waals surface area contributed by atoms with Gasteiger partial charge in [0.15, 0.2) is 5.71 Å². The van der Waals surface area contributed by atoms with Gasteiger partial charge in [-0.15, -0.1) is 0 Å². The third-order valence-electron chi connectivity index (χ3n) is 4.81. The molecule has 0 bridgehead atoms. The number of nitrogens with zero attached hydrogens (tertiary/aromatic N) is 3. The number of carbonyl (C=O) groups excluding carboxylic acids is 1. The van der Waals surface area contributed by atoms with Gasteiger partial charge >= 0.3 is 0 Å². The number of para-hydroxylation sites is 1. The highest BCUT2D eigenvalue weighted by atomic mass is 16.2. The molecule has 4 heteroatoms. The van der Waals surface area contributed by atoms with Crippen LogP contribution in [0.4, 0.5) is 5.69 Å². The number of piperidine rings is 1. The zero-order valence-corrected chi connectivity index (χ0v) is 14.6. The smallest absolute Gasteiger partial charge is 0.279 e. The molecule has 2 atom stereocenters. The van der Waals surface area contributed by atoms with Gasteiger partial charge in [0.25, 0.3) is 5.91 Å². The van der Waals surface area contributed by atoms with E-state index in [2.05, 4.69) is 32.7 Å². The maximum absolute atomic E-state index is 13.0. The van der Waals surface area contributed by atoms with Gasteiger partial charge in [-0.25, -0.2) is 0 Å². The molecular formula is C19H27N3O. The van der Waals surface area contributed by atoms with Crippen LogP contribution in [0.15, 0.2) is 29.4 Å². The van der Waals surface area contributed by atoms with E-state index in [-0.39, 0.29) is 5.91 Å². The van der Waals surface area contributed by atoms with E-state index in [9.17, 15) is 4.79 Å². The standard InChI is InChI=1S/C19H27N3O/c1-13(2)12-21-17-11-6-5-10-16(17)18(19(21)23)20-22-14(3)8-7-9-15(22)4/h5-6,10-11,13-15H,7-9,12H2,1-4H3. The number of anilines is 1. The Morgan fingerprint density at radius 1 is 1.17 bits per heavy atom. The van der Waals surface area contributed by atoms with E-state index in [1.807, 2.05) is 29.2 Å². The molecule has 124 valence electrons. The number of hydrogen-bond donors (Lipinski definition) is 0. The molecule has 0 saturated carbocycles. The Hall–Kier alpha value is -1.84. The minimum atomic E-state index is 0.0462. The zero-order valence-electron chi connectivity index (χ0n) is 14.6. The second kappa shape index (κ2) is 6.34. The van der Waals surface area contributed by atoms with Gasteiger partial charge in [-0.2, -0.15) is 5.10 Å². The van der Waals surface area contributed by atoms with Crippen LogP contribution in [0, 0.1) is 5.92 Å². The highest BCUT2D eigenvalue weighted by Crippen LogP contribution is 2.31. The predicted octanol–water partition coefficient (Wildman–Crippen LogP) is 3.66. The third-order valence-corrected chi connectivity index (χ3v) is 4.81. The molecule has 1 amide bonds. The van der Waals surface area contributed by atoms with Crippen LogP contribution in [-0.4, -0.2) is 35.3 Å². The van der Waals surface area contributed by atoms with Crippen molar-refractivity contribution in [3.8, 4) is 0 Å². The highest BCUT2D eigenvalue weighted by Gasteiger charge is 2.35. The molecule has 23 heavy (non-hydrogen) atoms. The van der Waals surface area contributed by atoms with Crippen molar-refractivity contribution in [2.75, 3.05) is 11.4 Å². The Labute approximate surface area is 139 Å².